The van der Waals surface area contributed by atoms with Crippen LogP contribution in [0.1, 0.15) is 48.4 Å². The Morgan fingerprint density at radius 1 is 1.20 bits per heavy atom. The lowest BCUT2D eigenvalue weighted by Gasteiger charge is -2.24. The predicted molar refractivity (Wildman–Crippen MR) is 115 cm³/mol. The van der Waals surface area contributed by atoms with Crippen LogP contribution < -0.4 is 0 Å². The van der Waals surface area contributed by atoms with Crippen LogP contribution in [0.5, 0.6) is 0 Å². The minimum atomic E-state index is -1.19. The van der Waals surface area contributed by atoms with Gasteiger partial charge in [-0.3, -0.25) is 0 Å². The number of amides is 1. The molecule has 0 bridgehead atoms. The number of esters is 1. The third-order valence-corrected chi connectivity index (χ3v) is 7.28. The van der Waals surface area contributed by atoms with E-state index < -0.39 is 19.6 Å². The fourth-order valence-electron chi connectivity index (χ4n) is 4.13. The van der Waals surface area contributed by atoms with Crippen molar-refractivity contribution in [2.75, 3.05) is 26.8 Å². The summed E-state index contributed by atoms with van der Waals surface area (Å²) in [6.07, 6.45) is 0.436. The number of hydrogen-bond acceptors (Lipinski definition) is 6. The molecule has 2 unspecified atom stereocenters. The number of fused-ring (bicyclic) bond motifs is 3. The summed E-state index contributed by atoms with van der Waals surface area (Å²) in [5.74, 6) is -0.0906. The molecule has 1 amide bonds. The molecule has 0 aromatic carbocycles. The van der Waals surface area contributed by atoms with Crippen LogP contribution in [0.25, 0.3) is 0 Å². The van der Waals surface area contributed by atoms with Gasteiger partial charge in [0.25, 0.3) is 0 Å². The minimum Gasteiger partial charge on any atom is -0.464 e. The Morgan fingerprint density at radius 3 is 2.50 bits per heavy atom. The van der Waals surface area contributed by atoms with Gasteiger partial charge < -0.3 is 19.1 Å². The molecule has 2 aliphatic rings. The van der Waals surface area contributed by atoms with E-state index in [1.165, 1.54) is 7.11 Å². The highest BCUT2D eigenvalue weighted by Gasteiger charge is 2.47. The van der Waals surface area contributed by atoms with E-state index in [1.807, 2.05) is 20.8 Å². The number of rotatable bonds is 6. The van der Waals surface area contributed by atoms with Gasteiger partial charge in [0.2, 0.25) is 0 Å². The van der Waals surface area contributed by atoms with Crippen molar-refractivity contribution >= 4 is 20.1 Å². The molecule has 2 heterocycles. The highest BCUT2D eigenvalue weighted by Crippen LogP contribution is 2.44. The van der Waals surface area contributed by atoms with Crippen LogP contribution in [0.15, 0.2) is 0 Å². The molecule has 2 atom stereocenters. The fraction of sp³-hybridized carbons (Fsp3) is 0.762. The third kappa shape index (κ3) is 5.05. The van der Waals surface area contributed by atoms with Crippen molar-refractivity contribution < 1.29 is 23.8 Å². The third-order valence-electron chi connectivity index (χ3n) is 5.57. The molecule has 0 radical (unpaired) electrons. The first-order valence-electron chi connectivity index (χ1n) is 10.6. The Hall–Kier alpha value is -1.87. The van der Waals surface area contributed by atoms with Crippen molar-refractivity contribution in [3.63, 3.8) is 0 Å². The Morgan fingerprint density at radius 2 is 1.90 bits per heavy atom. The summed E-state index contributed by atoms with van der Waals surface area (Å²) in [5, 5.41) is 4.67. The van der Waals surface area contributed by atoms with Gasteiger partial charge in [0.05, 0.1) is 12.8 Å². The maximum atomic E-state index is 12.6. The van der Waals surface area contributed by atoms with Crippen LogP contribution in [0, 0.1) is 5.92 Å². The van der Waals surface area contributed by atoms with Gasteiger partial charge in [-0.15, -0.1) is 0 Å². The molecular weight excluding hydrogens is 402 g/mol. The molecule has 3 rings (SSSR count). The van der Waals surface area contributed by atoms with Crippen molar-refractivity contribution in [2.45, 2.75) is 71.1 Å². The Bertz CT molecular complexity index is 809. The summed E-state index contributed by atoms with van der Waals surface area (Å²) < 4.78 is 18.1. The van der Waals surface area contributed by atoms with Gasteiger partial charge in [-0.1, -0.05) is 19.6 Å². The maximum absolute atomic E-state index is 12.6. The van der Waals surface area contributed by atoms with Gasteiger partial charge in [-0.05, 0) is 39.2 Å². The van der Waals surface area contributed by atoms with Gasteiger partial charge in [0, 0.05) is 39.3 Å². The van der Waals surface area contributed by atoms with Gasteiger partial charge in [0.15, 0.2) is 5.69 Å². The zero-order valence-electron chi connectivity index (χ0n) is 19.3. The highest BCUT2D eigenvalue weighted by atomic mass is 28.3. The Balaban J connectivity index is 1.75. The van der Waals surface area contributed by atoms with Crippen LogP contribution in [0.3, 0.4) is 0 Å². The molecule has 1 aliphatic carbocycles. The number of hydrogen-bond donors (Lipinski definition) is 0. The average Bonchev–Trinajstić information content (AvgIpc) is 3.24. The topological polar surface area (TPSA) is 82.9 Å². The zero-order valence-corrected chi connectivity index (χ0v) is 20.3. The van der Waals surface area contributed by atoms with E-state index in [0.29, 0.717) is 25.4 Å². The predicted octanol–water partition coefficient (Wildman–Crippen LogP) is 3.49. The molecule has 30 heavy (non-hydrogen) atoms. The SMILES string of the molecule is COC(=O)c1c2c(nn1COCC[Si](C)(C)C)CC1CN(C(=O)OC(C)(C)C)CC21. The molecule has 0 N–H and O–H groups in total. The molecule has 8 nitrogen and oxygen atoms in total. The van der Waals surface area contributed by atoms with Crippen molar-refractivity contribution in [3.8, 4) is 0 Å². The van der Waals surface area contributed by atoms with Crippen molar-refractivity contribution in [1.82, 2.24) is 14.7 Å². The van der Waals surface area contributed by atoms with Crippen LogP contribution >= 0.6 is 0 Å². The van der Waals surface area contributed by atoms with Gasteiger partial charge in [-0.2, -0.15) is 5.10 Å². The second kappa shape index (κ2) is 8.34. The summed E-state index contributed by atoms with van der Waals surface area (Å²) in [7, 11) is 0.193. The van der Waals surface area contributed by atoms with Crippen molar-refractivity contribution in [3.05, 3.63) is 17.0 Å². The molecule has 0 spiro atoms. The lowest BCUT2D eigenvalue weighted by molar-refractivity contribution is 0.0285. The maximum Gasteiger partial charge on any atom is 0.410 e. The quantitative estimate of drug-likeness (QED) is 0.385. The first kappa shape index (κ1) is 22.8. The zero-order chi connectivity index (χ0) is 22.3. The highest BCUT2D eigenvalue weighted by molar-refractivity contribution is 6.76. The minimum absolute atomic E-state index is 0.0670. The van der Waals surface area contributed by atoms with Crippen molar-refractivity contribution in [1.29, 1.82) is 0 Å². The normalized spacial score (nSPS) is 20.8. The lowest BCUT2D eigenvalue weighted by atomic mass is 9.95. The van der Waals surface area contributed by atoms with Gasteiger partial charge >= 0.3 is 12.1 Å². The van der Waals surface area contributed by atoms with E-state index in [0.717, 1.165) is 23.7 Å². The molecule has 9 heteroatoms. The second-order valence-corrected chi connectivity index (χ2v) is 16.1. The van der Waals surface area contributed by atoms with E-state index in [2.05, 4.69) is 24.7 Å². The molecule has 168 valence electrons. The molecule has 1 aromatic rings. The summed E-state index contributed by atoms with van der Waals surface area (Å²) in [5.41, 5.74) is 1.75. The standard InChI is InChI=1S/C21H35N3O5Si/c1-21(2,3)29-20(26)23-11-14-10-16-17(15(14)12-23)18(19(25)27-4)24(22-16)13-28-8-9-30(5,6)7/h14-15H,8-13H2,1-7H3. The smallest absolute Gasteiger partial charge is 0.410 e. The van der Waals surface area contributed by atoms with E-state index >= 15 is 0 Å². The summed E-state index contributed by atoms with van der Waals surface area (Å²) >= 11 is 0. The summed E-state index contributed by atoms with van der Waals surface area (Å²) in [4.78, 5) is 26.9. The van der Waals surface area contributed by atoms with Crippen LogP contribution in [0.2, 0.25) is 25.7 Å². The van der Waals surface area contributed by atoms with E-state index in [-0.39, 0.29) is 24.7 Å². The lowest BCUT2D eigenvalue weighted by Crippen LogP contribution is -2.35. The second-order valence-electron chi connectivity index (χ2n) is 10.5. The fourth-order valence-corrected chi connectivity index (χ4v) is 4.89. The number of likely N-dealkylation sites (tertiary alicyclic amines) is 1. The number of aromatic nitrogens is 2. The number of ether oxygens (including phenoxy) is 3. The summed E-state index contributed by atoms with van der Waals surface area (Å²) in [6, 6.07) is 1.05. The molecular formula is C21H35N3O5Si. The van der Waals surface area contributed by atoms with E-state index in [4.69, 9.17) is 14.2 Å². The number of methoxy groups -OCH3 is 1. The van der Waals surface area contributed by atoms with Gasteiger partial charge in [-0.25, -0.2) is 14.3 Å². The van der Waals surface area contributed by atoms with Crippen LogP contribution in [-0.4, -0.2) is 67.2 Å². The van der Waals surface area contributed by atoms with Crippen molar-refractivity contribution in [2.24, 2.45) is 5.92 Å². The van der Waals surface area contributed by atoms with Crippen LogP contribution in [0.4, 0.5) is 4.79 Å². The first-order chi connectivity index (χ1) is 13.9. The van der Waals surface area contributed by atoms with Crippen LogP contribution in [-0.2, 0) is 27.4 Å². The number of carbonyl (C=O) groups excluding carboxylic acids is 2. The molecule has 1 aliphatic heterocycles. The van der Waals surface area contributed by atoms with Gasteiger partial charge in [0.1, 0.15) is 12.3 Å². The molecule has 0 saturated carbocycles. The van der Waals surface area contributed by atoms with E-state index in [1.54, 1.807) is 9.58 Å². The molecule has 1 aromatic heterocycles. The van der Waals surface area contributed by atoms with E-state index in [9.17, 15) is 9.59 Å². The largest absolute Gasteiger partial charge is 0.464 e. The Kier molecular flexibility index (Phi) is 6.34. The first-order valence-corrected chi connectivity index (χ1v) is 14.3. The number of nitrogens with zero attached hydrogens (tertiary/aromatic N) is 3. The Labute approximate surface area is 179 Å². The monoisotopic (exact) mass is 437 g/mol. The average molecular weight is 438 g/mol. The summed E-state index contributed by atoms with van der Waals surface area (Å²) in [6.45, 7) is 14.5. The molecule has 1 saturated heterocycles. The number of carbonyl (C=O) groups is 2. The molecule has 1 fully saturated rings.